The van der Waals surface area contributed by atoms with E-state index in [-0.39, 0.29) is 7.45 Å². The lowest BCUT2D eigenvalue weighted by Gasteiger charge is -2.10. The molecule has 0 radical (unpaired) electrons. The zero-order chi connectivity index (χ0) is 7.98. The summed E-state index contributed by atoms with van der Waals surface area (Å²) in [4.78, 5) is 0. The molecule has 0 aromatic rings. The van der Waals surface area contributed by atoms with Crippen LogP contribution in [0.3, 0.4) is 0 Å². The highest BCUT2D eigenvalue weighted by Gasteiger charge is 1.96. The molecule has 0 fully saturated rings. The third-order valence-corrected chi connectivity index (χ3v) is 10.3. The Bertz CT molecular complexity index is 106. The monoisotopic (exact) mass is 213 g/mol. The quantitative estimate of drug-likeness (QED) is 0.546. The van der Waals surface area contributed by atoms with Gasteiger partial charge in [0, 0.05) is 14.0 Å². The molecule has 1 nitrogen and oxygen atoms in total. The first kappa shape index (κ1) is 11.4. The molecule has 0 bridgehead atoms. The molecule has 0 saturated carbocycles. The number of hydrogen-bond acceptors (Lipinski definition) is 1. The van der Waals surface area contributed by atoms with Crippen LogP contribution in [-0.4, -0.2) is 6.54 Å². The first-order chi connectivity index (χ1) is 4.70. The van der Waals surface area contributed by atoms with E-state index in [1.807, 2.05) is 0 Å². The largest absolute Gasteiger partial charge is 0.285 e. The molecule has 0 aromatic carbocycles. The summed E-state index contributed by atoms with van der Waals surface area (Å²) >= 11 is 0. The van der Waals surface area contributed by atoms with E-state index in [1.165, 1.54) is 5.57 Å². The van der Waals surface area contributed by atoms with E-state index in [0.717, 1.165) is 20.9 Å². The van der Waals surface area contributed by atoms with Crippen LogP contribution < -0.4 is 5.09 Å². The zero-order valence-electron chi connectivity index (χ0n) is 6.22. The van der Waals surface area contributed by atoms with E-state index in [2.05, 4.69) is 36.4 Å². The van der Waals surface area contributed by atoms with Crippen molar-refractivity contribution in [3.63, 3.8) is 0 Å². The van der Waals surface area contributed by atoms with Crippen LogP contribution in [0.1, 0.15) is 13.3 Å². The van der Waals surface area contributed by atoms with E-state index >= 15 is 0 Å². The molecule has 0 saturated heterocycles. The van der Waals surface area contributed by atoms with Gasteiger partial charge in [0.25, 0.3) is 0 Å². The highest BCUT2D eigenvalue weighted by atomic mass is 32.6. The lowest BCUT2D eigenvalue weighted by atomic mass is 10.2. The van der Waals surface area contributed by atoms with Crippen molar-refractivity contribution < 1.29 is 0 Å². The second-order valence-electron chi connectivity index (χ2n) is 1.94. The minimum Gasteiger partial charge on any atom is -0.285 e. The standard InChI is InChI=1S/C5H15NP4/c1-3-5(2)4-6-10(8)9-7/h6,9H,2-4,7-8H2,1H3. The van der Waals surface area contributed by atoms with Crippen LogP contribution >= 0.6 is 33.3 Å². The molecule has 5 heteroatoms. The fourth-order valence-corrected chi connectivity index (χ4v) is 2.46. The third kappa shape index (κ3) is 6.15. The van der Waals surface area contributed by atoms with Gasteiger partial charge in [-0.3, -0.25) is 5.09 Å². The minimum absolute atomic E-state index is 0.0200. The molecule has 60 valence electrons. The maximum Gasteiger partial charge on any atom is 0.0203 e. The lowest BCUT2D eigenvalue weighted by Crippen LogP contribution is -2.05. The molecule has 0 aliphatic carbocycles. The molecule has 1 N–H and O–H groups in total. The van der Waals surface area contributed by atoms with E-state index in [1.54, 1.807) is 0 Å². The van der Waals surface area contributed by atoms with Gasteiger partial charge in [-0.15, -0.1) is 8.93 Å². The maximum atomic E-state index is 3.91. The Morgan fingerprint density at radius 3 is 2.80 bits per heavy atom. The Morgan fingerprint density at radius 1 is 1.80 bits per heavy atom. The predicted octanol–water partition coefficient (Wildman–Crippen LogP) is 3.11. The van der Waals surface area contributed by atoms with Crippen LogP contribution in [0.2, 0.25) is 0 Å². The summed E-state index contributed by atoms with van der Waals surface area (Å²) in [6.07, 6.45) is 1.08. The molecule has 0 aliphatic heterocycles. The first-order valence-electron chi connectivity index (χ1n) is 3.12. The molecule has 0 aromatic heterocycles. The van der Waals surface area contributed by atoms with Crippen molar-refractivity contribution >= 4 is 33.3 Å². The average molecular weight is 213 g/mol. The van der Waals surface area contributed by atoms with Gasteiger partial charge in [-0.05, 0) is 6.42 Å². The van der Waals surface area contributed by atoms with Gasteiger partial charge in [0.15, 0.2) is 0 Å². The van der Waals surface area contributed by atoms with Crippen molar-refractivity contribution in [2.24, 2.45) is 0 Å². The summed E-state index contributed by atoms with van der Waals surface area (Å²) in [5, 5.41) is 3.40. The van der Waals surface area contributed by atoms with Gasteiger partial charge >= 0.3 is 0 Å². The molecule has 0 heterocycles. The van der Waals surface area contributed by atoms with Crippen LogP contribution in [-0.2, 0) is 0 Å². The first-order valence-corrected chi connectivity index (χ1v) is 9.73. The van der Waals surface area contributed by atoms with Gasteiger partial charge in [-0.1, -0.05) is 36.0 Å². The molecule has 10 heavy (non-hydrogen) atoms. The van der Waals surface area contributed by atoms with E-state index in [9.17, 15) is 0 Å². The van der Waals surface area contributed by atoms with Gasteiger partial charge in [0.1, 0.15) is 0 Å². The normalized spacial score (nSPS) is 14.3. The Labute approximate surface area is 70.9 Å². The predicted molar refractivity (Wildman–Crippen MR) is 62.1 cm³/mol. The Hall–Kier alpha value is 1.42. The van der Waals surface area contributed by atoms with Gasteiger partial charge in [0.2, 0.25) is 0 Å². The smallest absolute Gasteiger partial charge is 0.0203 e. The van der Waals surface area contributed by atoms with E-state index in [4.69, 9.17) is 0 Å². The zero-order valence-corrected chi connectivity index (χ0v) is 10.4. The fourth-order valence-electron chi connectivity index (χ4n) is 0.368. The number of hydrogen-bond donors (Lipinski definition) is 1. The van der Waals surface area contributed by atoms with Crippen molar-refractivity contribution in [3.05, 3.63) is 12.2 Å². The summed E-state index contributed by atoms with van der Waals surface area (Å²) in [5.74, 6) is 0. The molecule has 0 rings (SSSR count). The number of rotatable bonds is 5. The van der Waals surface area contributed by atoms with Crippen molar-refractivity contribution in [3.8, 4) is 0 Å². The third-order valence-electron chi connectivity index (χ3n) is 1.14. The average Bonchev–Trinajstić information content (AvgIpc) is 1.99. The molecule has 0 aliphatic rings. The van der Waals surface area contributed by atoms with Gasteiger partial charge in [0.05, 0.1) is 0 Å². The second kappa shape index (κ2) is 7.09. The van der Waals surface area contributed by atoms with Gasteiger partial charge in [-0.2, -0.15) is 0 Å². The minimum atomic E-state index is -0.0200. The van der Waals surface area contributed by atoms with Gasteiger partial charge in [-0.25, -0.2) is 0 Å². The lowest BCUT2D eigenvalue weighted by molar-refractivity contribution is 0.966. The summed E-state index contributed by atoms with van der Waals surface area (Å²) in [7, 11) is 6.49. The Kier molecular flexibility index (Phi) is 8.10. The van der Waals surface area contributed by atoms with Crippen LogP contribution in [0.25, 0.3) is 0 Å². The van der Waals surface area contributed by atoms with Gasteiger partial charge < -0.3 is 0 Å². The topological polar surface area (TPSA) is 12.0 Å². The van der Waals surface area contributed by atoms with E-state index in [0.29, 0.717) is 0 Å². The molecular weight excluding hydrogens is 198 g/mol. The molecule has 0 spiro atoms. The maximum absolute atomic E-state index is 3.91. The Balaban J connectivity index is 3.26. The van der Waals surface area contributed by atoms with Crippen molar-refractivity contribution in [1.82, 2.24) is 5.09 Å². The van der Waals surface area contributed by atoms with E-state index < -0.39 is 0 Å². The molecule has 0 amide bonds. The van der Waals surface area contributed by atoms with Crippen LogP contribution in [0.4, 0.5) is 0 Å². The highest BCUT2D eigenvalue weighted by molar-refractivity contribution is 8.60. The number of nitrogens with one attached hydrogen (secondary N) is 1. The van der Waals surface area contributed by atoms with Crippen LogP contribution in [0.5, 0.6) is 0 Å². The fraction of sp³-hybridized carbons (Fsp3) is 0.600. The SMILES string of the molecule is C=C(CC)CNP(P)PP. The Morgan fingerprint density at radius 2 is 2.40 bits per heavy atom. The molecule has 4 unspecified atom stereocenters. The summed E-state index contributed by atoms with van der Waals surface area (Å²) < 4.78 is 0. The van der Waals surface area contributed by atoms with Crippen LogP contribution in [0, 0.1) is 0 Å². The summed E-state index contributed by atoms with van der Waals surface area (Å²) in [5.41, 5.74) is 1.29. The van der Waals surface area contributed by atoms with Crippen molar-refractivity contribution in [2.45, 2.75) is 13.3 Å². The molecule has 4 atom stereocenters. The molecular formula is C5H15NP4. The van der Waals surface area contributed by atoms with Crippen molar-refractivity contribution in [2.75, 3.05) is 6.54 Å². The second-order valence-corrected chi connectivity index (χ2v) is 10.9. The summed E-state index contributed by atoms with van der Waals surface area (Å²) in [6, 6.07) is 0. The highest BCUT2D eigenvalue weighted by Crippen LogP contribution is 2.62. The van der Waals surface area contributed by atoms with Crippen molar-refractivity contribution in [1.29, 1.82) is 0 Å². The van der Waals surface area contributed by atoms with Crippen LogP contribution in [0.15, 0.2) is 12.2 Å². The summed E-state index contributed by atoms with van der Waals surface area (Å²) in [6.45, 7) is 7.03.